The first kappa shape index (κ1) is 28.8. The van der Waals surface area contributed by atoms with Crippen LogP contribution in [-0.4, -0.2) is 85.0 Å². The summed E-state index contributed by atoms with van der Waals surface area (Å²) in [5, 5.41) is 6.45. The maximum absolute atomic E-state index is 13.3. The van der Waals surface area contributed by atoms with E-state index in [9.17, 15) is 14.4 Å². The first-order valence-electron chi connectivity index (χ1n) is 13.7. The number of benzene rings is 2. The number of amides is 2. The first-order chi connectivity index (χ1) is 21.0. The molecular weight excluding hydrogens is 592 g/mol. The summed E-state index contributed by atoms with van der Waals surface area (Å²) in [4.78, 5) is 52.3. The summed E-state index contributed by atoms with van der Waals surface area (Å²) in [6.45, 7) is 3.34. The molecule has 11 nitrogen and oxygen atoms in total. The van der Waals surface area contributed by atoms with Crippen molar-refractivity contribution < 1.29 is 23.9 Å². The second-order valence-electron chi connectivity index (χ2n) is 10.3. The van der Waals surface area contributed by atoms with Gasteiger partial charge in [-0.1, -0.05) is 41.9 Å². The van der Waals surface area contributed by atoms with Crippen LogP contribution in [0.15, 0.2) is 76.4 Å². The molecule has 1 N–H and O–H groups in total. The summed E-state index contributed by atoms with van der Waals surface area (Å²) in [5.74, 6) is 0.0719. The van der Waals surface area contributed by atoms with Crippen molar-refractivity contribution in [1.29, 1.82) is 0 Å². The van der Waals surface area contributed by atoms with Gasteiger partial charge in [0.1, 0.15) is 12.6 Å². The lowest BCUT2D eigenvalue weighted by Gasteiger charge is -2.38. The fraction of sp³-hybridized carbons (Fsp3) is 0.300. The smallest absolute Gasteiger partial charge is 0.338 e. The van der Waals surface area contributed by atoms with Crippen LogP contribution in [0.25, 0.3) is 0 Å². The second kappa shape index (κ2) is 12.5. The van der Waals surface area contributed by atoms with Crippen molar-refractivity contribution in [2.24, 2.45) is 4.99 Å². The fourth-order valence-corrected chi connectivity index (χ4v) is 6.53. The summed E-state index contributed by atoms with van der Waals surface area (Å²) < 4.78 is 10.1. The van der Waals surface area contributed by atoms with Crippen LogP contribution in [0.3, 0.4) is 0 Å². The fourth-order valence-electron chi connectivity index (χ4n) is 5.70. The number of aromatic nitrogens is 1. The van der Waals surface area contributed by atoms with Crippen LogP contribution in [0.2, 0.25) is 5.02 Å². The van der Waals surface area contributed by atoms with Crippen molar-refractivity contribution in [3.63, 3.8) is 0 Å². The number of anilines is 1. The normalized spacial score (nSPS) is 20.4. The molecule has 2 aromatic carbocycles. The molecule has 2 atom stereocenters. The van der Waals surface area contributed by atoms with Gasteiger partial charge in [0.25, 0.3) is 6.47 Å². The number of nitrogens with one attached hydrogen (secondary N) is 1. The Morgan fingerprint density at radius 2 is 1.98 bits per heavy atom. The molecule has 2 fully saturated rings. The van der Waals surface area contributed by atoms with Crippen LogP contribution < -0.4 is 10.2 Å². The number of methoxy groups -OCH3 is 1. The Labute approximate surface area is 257 Å². The zero-order chi connectivity index (χ0) is 29.9. The van der Waals surface area contributed by atoms with E-state index in [1.165, 1.54) is 18.4 Å². The number of thiazole rings is 1. The molecule has 3 aromatic rings. The van der Waals surface area contributed by atoms with Gasteiger partial charge in [0.05, 0.1) is 18.7 Å². The van der Waals surface area contributed by atoms with E-state index in [0.717, 1.165) is 11.3 Å². The van der Waals surface area contributed by atoms with Crippen LogP contribution >= 0.6 is 22.9 Å². The number of urea groups is 1. The Balaban J connectivity index is 1.25. The van der Waals surface area contributed by atoms with E-state index in [-0.39, 0.29) is 18.7 Å². The Morgan fingerprint density at radius 1 is 1.16 bits per heavy atom. The van der Waals surface area contributed by atoms with Crippen molar-refractivity contribution in [3.8, 4) is 0 Å². The third-order valence-electron chi connectivity index (χ3n) is 7.75. The number of fused-ring (bicyclic) bond motifs is 1. The van der Waals surface area contributed by atoms with Gasteiger partial charge >= 0.3 is 12.0 Å². The second-order valence-corrected chi connectivity index (χ2v) is 11.6. The van der Waals surface area contributed by atoms with E-state index in [0.29, 0.717) is 71.9 Å². The van der Waals surface area contributed by atoms with Gasteiger partial charge < -0.3 is 19.7 Å². The van der Waals surface area contributed by atoms with Gasteiger partial charge in [-0.3, -0.25) is 19.6 Å². The Bertz CT molecular complexity index is 1580. The van der Waals surface area contributed by atoms with Crippen LogP contribution in [0.1, 0.15) is 22.2 Å². The minimum absolute atomic E-state index is 0.0310. The third-order valence-corrected chi connectivity index (χ3v) is 8.87. The molecule has 222 valence electrons. The van der Waals surface area contributed by atoms with E-state index in [1.54, 1.807) is 17.2 Å². The molecule has 2 saturated heterocycles. The molecule has 13 heteroatoms. The van der Waals surface area contributed by atoms with Gasteiger partial charge in [-0.2, -0.15) is 0 Å². The molecule has 0 aliphatic carbocycles. The van der Waals surface area contributed by atoms with E-state index in [1.807, 2.05) is 52.7 Å². The van der Waals surface area contributed by atoms with Crippen LogP contribution in [0.5, 0.6) is 0 Å². The summed E-state index contributed by atoms with van der Waals surface area (Å²) in [5.41, 5.74) is 3.39. The highest BCUT2D eigenvalue weighted by atomic mass is 35.5. The molecule has 0 radical (unpaired) electrons. The highest BCUT2D eigenvalue weighted by Crippen LogP contribution is 2.37. The molecule has 0 unspecified atom stereocenters. The molecule has 3 aliphatic heterocycles. The van der Waals surface area contributed by atoms with Crippen molar-refractivity contribution in [1.82, 2.24) is 20.1 Å². The number of piperazine rings is 1. The van der Waals surface area contributed by atoms with E-state index in [2.05, 4.69) is 15.2 Å². The van der Waals surface area contributed by atoms with Gasteiger partial charge in [0.2, 0.25) is 0 Å². The predicted molar refractivity (Wildman–Crippen MR) is 162 cm³/mol. The summed E-state index contributed by atoms with van der Waals surface area (Å²) in [7, 11) is 1.36. The SMILES string of the molecule is COC(=O)C1=C(CN2CCN3C(=O)N(c4ccc(COC=O)cc4)C[C@@H]3C2)NC(c2nccs2)=N[C@H]1c1ccccc1Cl. The Kier molecular flexibility index (Phi) is 8.41. The van der Waals surface area contributed by atoms with Crippen LogP contribution in [0.4, 0.5) is 10.5 Å². The average Bonchev–Trinajstić information content (AvgIpc) is 3.68. The van der Waals surface area contributed by atoms with E-state index >= 15 is 0 Å². The maximum Gasteiger partial charge on any atom is 0.338 e. The third kappa shape index (κ3) is 5.85. The number of hydrogen-bond donors (Lipinski definition) is 1. The van der Waals surface area contributed by atoms with Crippen LogP contribution in [0, 0.1) is 0 Å². The lowest BCUT2D eigenvalue weighted by atomic mass is 9.95. The maximum atomic E-state index is 13.3. The zero-order valence-electron chi connectivity index (χ0n) is 23.3. The molecule has 1 aromatic heterocycles. The van der Waals surface area contributed by atoms with Gasteiger partial charge in [-0.05, 0) is 23.8 Å². The lowest BCUT2D eigenvalue weighted by molar-refractivity contribution is -0.136. The predicted octanol–water partition coefficient (Wildman–Crippen LogP) is 3.61. The largest absolute Gasteiger partial charge is 0.466 e. The van der Waals surface area contributed by atoms with E-state index < -0.39 is 12.0 Å². The van der Waals surface area contributed by atoms with Crippen LogP contribution in [-0.2, 0) is 25.7 Å². The highest BCUT2D eigenvalue weighted by Gasteiger charge is 2.42. The standard InChI is InChI=1S/C30H29ClN6O5S/c1-41-29(39)25-24(33-27(28-32-10-13-43-28)34-26(25)22-4-2-3-5-23(22)31)16-35-11-12-36-21(14-35)15-37(30(36)40)20-8-6-19(7-9-20)17-42-18-38/h2-10,13,18,21,26H,11-12,14-17H2,1H3,(H,33,34)/t21-,26-/m0/s1. The number of amidine groups is 1. The van der Waals surface area contributed by atoms with Crippen molar-refractivity contribution >= 4 is 52.9 Å². The molecule has 6 rings (SSSR count). The molecule has 0 spiro atoms. The molecule has 2 amide bonds. The number of rotatable bonds is 9. The number of hydrogen-bond acceptors (Lipinski definition) is 10. The molecular formula is C30H29ClN6O5S. The molecule has 0 saturated carbocycles. The molecule has 4 heterocycles. The summed E-state index contributed by atoms with van der Waals surface area (Å²) >= 11 is 8.05. The number of nitrogens with zero attached hydrogens (tertiary/aromatic N) is 5. The lowest BCUT2D eigenvalue weighted by Crippen LogP contribution is -2.53. The number of carbonyl (C=O) groups is 3. The van der Waals surface area contributed by atoms with Crippen molar-refractivity contribution in [3.05, 3.63) is 92.5 Å². The number of aliphatic imine (C=N–C) groups is 1. The zero-order valence-corrected chi connectivity index (χ0v) is 24.9. The number of carbonyl (C=O) groups excluding carboxylic acids is 3. The minimum Gasteiger partial charge on any atom is -0.466 e. The summed E-state index contributed by atoms with van der Waals surface area (Å²) in [6, 6.07) is 14.0. The highest BCUT2D eigenvalue weighted by molar-refractivity contribution is 7.11. The van der Waals surface area contributed by atoms with Crippen molar-refractivity contribution in [2.45, 2.75) is 18.7 Å². The Morgan fingerprint density at radius 3 is 2.70 bits per heavy atom. The minimum atomic E-state index is -0.680. The topological polar surface area (TPSA) is 117 Å². The molecule has 43 heavy (non-hydrogen) atoms. The Hall–Kier alpha value is -4.26. The van der Waals surface area contributed by atoms with Gasteiger partial charge in [0.15, 0.2) is 10.8 Å². The van der Waals surface area contributed by atoms with Crippen molar-refractivity contribution in [2.75, 3.05) is 44.7 Å². The quantitative estimate of drug-likeness (QED) is 0.285. The molecule has 3 aliphatic rings. The van der Waals surface area contributed by atoms with Gasteiger partial charge in [0, 0.05) is 66.3 Å². The van der Waals surface area contributed by atoms with E-state index in [4.69, 9.17) is 26.1 Å². The monoisotopic (exact) mass is 620 g/mol. The van der Waals surface area contributed by atoms with Gasteiger partial charge in [-0.15, -0.1) is 11.3 Å². The van der Waals surface area contributed by atoms with Gasteiger partial charge in [-0.25, -0.2) is 14.6 Å². The summed E-state index contributed by atoms with van der Waals surface area (Å²) in [6.07, 6.45) is 1.71. The molecule has 0 bridgehead atoms. The number of esters is 1. The number of ether oxygens (including phenoxy) is 2. The number of halogens is 1. The first-order valence-corrected chi connectivity index (χ1v) is 15.0. The average molecular weight is 621 g/mol.